The molecule has 0 radical (unpaired) electrons. The Morgan fingerprint density at radius 2 is 1.68 bits per heavy atom. The summed E-state index contributed by atoms with van der Waals surface area (Å²) in [5.41, 5.74) is 3.44. The van der Waals surface area contributed by atoms with Gasteiger partial charge in [0.2, 0.25) is 11.8 Å². The fourth-order valence-electron chi connectivity index (χ4n) is 3.94. The van der Waals surface area contributed by atoms with Crippen LogP contribution in [-0.2, 0) is 22.4 Å². The number of rotatable bonds is 4. The second-order valence-electron chi connectivity index (χ2n) is 7.17. The predicted octanol–water partition coefficient (Wildman–Crippen LogP) is 1.94. The third-order valence-electron chi connectivity index (χ3n) is 5.52. The van der Waals surface area contributed by atoms with Crippen molar-refractivity contribution in [1.29, 1.82) is 0 Å². The van der Waals surface area contributed by atoms with Gasteiger partial charge in [-0.15, -0.1) is 0 Å². The van der Waals surface area contributed by atoms with E-state index in [1.54, 1.807) is 0 Å². The summed E-state index contributed by atoms with van der Waals surface area (Å²) in [7, 11) is 2.08. The van der Waals surface area contributed by atoms with Gasteiger partial charge in [0.15, 0.2) is 0 Å². The monoisotopic (exact) mass is 343 g/mol. The Morgan fingerprint density at radius 1 is 1.08 bits per heavy atom. The van der Waals surface area contributed by atoms with Crippen molar-refractivity contribution >= 4 is 17.5 Å². The number of hydrogen-bond donors (Lipinski definition) is 0. The molecule has 136 valence electrons. The summed E-state index contributed by atoms with van der Waals surface area (Å²) in [6.45, 7) is 8.12. The average molecular weight is 343 g/mol. The largest absolute Gasteiger partial charge is 0.340 e. The van der Waals surface area contributed by atoms with Crippen LogP contribution in [0.25, 0.3) is 0 Å². The summed E-state index contributed by atoms with van der Waals surface area (Å²) in [6.07, 6.45) is 2.13. The first-order valence-electron chi connectivity index (χ1n) is 9.43. The van der Waals surface area contributed by atoms with E-state index in [1.165, 1.54) is 11.1 Å². The van der Waals surface area contributed by atoms with Crippen LogP contribution in [0.5, 0.6) is 0 Å². The van der Waals surface area contributed by atoms with Gasteiger partial charge in [-0.3, -0.25) is 9.59 Å². The lowest BCUT2D eigenvalue weighted by Crippen LogP contribution is -2.49. The number of nitrogens with zero attached hydrogens (tertiary/aromatic N) is 3. The first-order valence-corrected chi connectivity index (χ1v) is 9.43. The molecule has 2 saturated heterocycles. The van der Waals surface area contributed by atoms with E-state index in [4.69, 9.17) is 0 Å². The van der Waals surface area contributed by atoms with E-state index < -0.39 is 0 Å². The van der Waals surface area contributed by atoms with Crippen molar-refractivity contribution < 1.29 is 9.59 Å². The molecule has 3 rings (SSSR count). The highest BCUT2D eigenvalue weighted by Crippen LogP contribution is 2.33. The smallest absolute Gasteiger partial charge is 0.228 e. The van der Waals surface area contributed by atoms with Crippen LogP contribution in [-0.4, -0.2) is 61.4 Å². The van der Waals surface area contributed by atoms with Gasteiger partial charge in [-0.05, 0) is 31.0 Å². The second kappa shape index (κ2) is 7.56. The minimum Gasteiger partial charge on any atom is -0.340 e. The molecule has 1 aromatic carbocycles. The van der Waals surface area contributed by atoms with Gasteiger partial charge in [0.05, 0.1) is 5.92 Å². The van der Waals surface area contributed by atoms with Crippen molar-refractivity contribution in [3.8, 4) is 0 Å². The number of amides is 2. The maximum Gasteiger partial charge on any atom is 0.228 e. The van der Waals surface area contributed by atoms with Gasteiger partial charge >= 0.3 is 0 Å². The highest BCUT2D eigenvalue weighted by molar-refractivity contribution is 6.01. The Labute approximate surface area is 150 Å². The van der Waals surface area contributed by atoms with Gasteiger partial charge in [0.1, 0.15) is 0 Å². The zero-order valence-electron chi connectivity index (χ0n) is 15.6. The molecular formula is C20H29N3O2. The highest BCUT2D eigenvalue weighted by atomic mass is 16.2. The van der Waals surface area contributed by atoms with Crippen LogP contribution in [0.15, 0.2) is 18.2 Å². The first kappa shape index (κ1) is 17.9. The molecule has 2 fully saturated rings. The summed E-state index contributed by atoms with van der Waals surface area (Å²) < 4.78 is 0. The molecule has 0 aromatic heterocycles. The third kappa shape index (κ3) is 3.56. The number of piperazine rings is 1. The van der Waals surface area contributed by atoms with Gasteiger partial charge < -0.3 is 14.7 Å². The van der Waals surface area contributed by atoms with E-state index >= 15 is 0 Å². The molecule has 5 nitrogen and oxygen atoms in total. The third-order valence-corrected chi connectivity index (χ3v) is 5.52. The molecule has 0 spiro atoms. The van der Waals surface area contributed by atoms with Gasteiger partial charge in [-0.25, -0.2) is 0 Å². The van der Waals surface area contributed by atoms with Crippen molar-refractivity contribution in [2.24, 2.45) is 5.92 Å². The van der Waals surface area contributed by atoms with E-state index in [9.17, 15) is 9.59 Å². The van der Waals surface area contributed by atoms with Crippen LogP contribution in [0.2, 0.25) is 0 Å². The summed E-state index contributed by atoms with van der Waals surface area (Å²) >= 11 is 0. The van der Waals surface area contributed by atoms with Crippen LogP contribution in [0.3, 0.4) is 0 Å². The fourth-order valence-corrected chi connectivity index (χ4v) is 3.94. The second-order valence-corrected chi connectivity index (χ2v) is 7.17. The van der Waals surface area contributed by atoms with Crippen molar-refractivity contribution in [1.82, 2.24) is 9.80 Å². The first-order chi connectivity index (χ1) is 12.0. The van der Waals surface area contributed by atoms with Gasteiger partial charge in [-0.1, -0.05) is 32.0 Å². The topological polar surface area (TPSA) is 43.9 Å². The summed E-state index contributed by atoms with van der Waals surface area (Å²) in [5.74, 6) is 0.0320. The van der Waals surface area contributed by atoms with Crippen molar-refractivity contribution in [3.63, 3.8) is 0 Å². The molecule has 1 aromatic rings. The van der Waals surface area contributed by atoms with Crippen LogP contribution in [0.1, 0.15) is 31.4 Å². The number of likely N-dealkylation sites (N-methyl/N-ethyl adjacent to an activating group) is 1. The Balaban J connectivity index is 1.78. The lowest BCUT2D eigenvalue weighted by atomic mass is 10.0. The number of aryl methyl sites for hydroxylation is 2. The van der Waals surface area contributed by atoms with Crippen LogP contribution < -0.4 is 4.90 Å². The quantitative estimate of drug-likeness (QED) is 0.839. The maximum absolute atomic E-state index is 12.9. The molecule has 0 aliphatic carbocycles. The number of anilines is 1. The Bertz CT molecular complexity index is 628. The van der Waals surface area contributed by atoms with Crippen LogP contribution in [0.4, 0.5) is 5.69 Å². The van der Waals surface area contributed by atoms with E-state index in [0.29, 0.717) is 13.0 Å². The molecule has 0 N–H and O–H groups in total. The normalized spacial score (nSPS) is 21.9. The molecule has 0 saturated carbocycles. The Kier molecular flexibility index (Phi) is 5.42. The Morgan fingerprint density at radius 3 is 2.24 bits per heavy atom. The van der Waals surface area contributed by atoms with Gasteiger partial charge in [-0.2, -0.15) is 0 Å². The van der Waals surface area contributed by atoms with E-state index in [1.807, 2.05) is 9.80 Å². The zero-order chi connectivity index (χ0) is 18.0. The van der Waals surface area contributed by atoms with E-state index in [-0.39, 0.29) is 17.7 Å². The molecule has 2 heterocycles. The van der Waals surface area contributed by atoms with Crippen molar-refractivity contribution in [2.45, 2.75) is 33.1 Å². The highest BCUT2D eigenvalue weighted by Gasteiger charge is 2.38. The summed E-state index contributed by atoms with van der Waals surface area (Å²) in [6, 6.07) is 6.25. The Hall–Kier alpha value is -1.88. The van der Waals surface area contributed by atoms with E-state index in [2.05, 4.69) is 44.0 Å². The number of benzene rings is 1. The van der Waals surface area contributed by atoms with Gasteiger partial charge in [0, 0.05) is 44.8 Å². The minimum absolute atomic E-state index is 0.0862. The van der Waals surface area contributed by atoms with Crippen LogP contribution >= 0.6 is 0 Å². The lowest BCUT2D eigenvalue weighted by Gasteiger charge is -2.34. The molecule has 5 heteroatoms. The number of para-hydroxylation sites is 1. The van der Waals surface area contributed by atoms with Crippen molar-refractivity contribution in [2.75, 3.05) is 44.7 Å². The molecular weight excluding hydrogens is 314 g/mol. The molecule has 1 unspecified atom stereocenters. The molecule has 1 atom stereocenters. The molecule has 2 amide bonds. The van der Waals surface area contributed by atoms with Crippen molar-refractivity contribution in [3.05, 3.63) is 29.3 Å². The fraction of sp³-hybridized carbons (Fsp3) is 0.600. The number of hydrogen-bond acceptors (Lipinski definition) is 3. The van der Waals surface area contributed by atoms with E-state index in [0.717, 1.165) is 44.7 Å². The zero-order valence-corrected chi connectivity index (χ0v) is 15.6. The predicted molar refractivity (Wildman–Crippen MR) is 99.7 cm³/mol. The molecule has 0 bridgehead atoms. The summed E-state index contributed by atoms with van der Waals surface area (Å²) in [5, 5.41) is 0. The minimum atomic E-state index is -0.203. The van der Waals surface area contributed by atoms with Gasteiger partial charge in [0.25, 0.3) is 0 Å². The maximum atomic E-state index is 12.9. The standard InChI is InChI=1S/C20H29N3O2/c1-4-15-7-6-8-16(5-2)19(15)23-14-17(13-18(23)24)20(25)22-11-9-21(3)10-12-22/h6-8,17H,4-5,9-14H2,1-3H3. The SMILES string of the molecule is CCc1cccc(CC)c1N1CC(C(=O)N2CCN(C)CC2)CC1=O. The number of carbonyl (C=O) groups is 2. The average Bonchev–Trinajstić information content (AvgIpc) is 3.02. The summed E-state index contributed by atoms with van der Waals surface area (Å²) in [4.78, 5) is 31.6. The number of carbonyl (C=O) groups excluding carboxylic acids is 2. The molecule has 2 aliphatic heterocycles. The molecule has 2 aliphatic rings. The van der Waals surface area contributed by atoms with Crippen LogP contribution in [0, 0.1) is 5.92 Å². The molecule has 25 heavy (non-hydrogen) atoms. The lowest BCUT2D eigenvalue weighted by molar-refractivity contribution is -0.137.